The van der Waals surface area contributed by atoms with Gasteiger partial charge in [-0.25, -0.2) is 0 Å². The molecule has 0 heterocycles. The van der Waals surface area contributed by atoms with Gasteiger partial charge in [-0.05, 0) is 44.4 Å². The highest BCUT2D eigenvalue weighted by atomic mass is 16.5. The quantitative estimate of drug-likeness (QED) is 0.649. The van der Waals surface area contributed by atoms with E-state index >= 15 is 0 Å². The number of methoxy groups -OCH3 is 1. The van der Waals surface area contributed by atoms with Gasteiger partial charge in [-0.3, -0.25) is 0 Å². The zero-order chi connectivity index (χ0) is 11.1. The van der Waals surface area contributed by atoms with Crippen LogP contribution in [-0.2, 0) is 4.74 Å². The van der Waals surface area contributed by atoms with Crippen LogP contribution in [0.15, 0.2) is 0 Å². The van der Waals surface area contributed by atoms with Gasteiger partial charge in [0.1, 0.15) is 0 Å². The topological polar surface area (TPSA) is 33.0 Å². The van der Waals surface area contributed by atoms with Gasteiger partial charge >= 0.3 is 0 Å². The third-order valence-electron chi connectivity index (χ3n) is 3.88. The van der Waals surface area contributed by atoms with Gasteiger partial charge in [-0.2, -0.15) is 5.26 Å². The fraction of sp³-hybridized carbons (Fsp3) is 0.923. The second-order valence-corrected chi connectivity index (χ2v) is 4.84. The molecule has 0 bridgehead atoms. The Balaban J connectivity index is 2.39. The van der Waals surface area contributed by atoms with Crippen molar-refractivity contribution in [3.05, 3.63) is 0 Å². The molecule has 0 aromatic heterocycles. The highest BCUT2D eigenvalue weighted by Gasteiger charge is 2.34. The van der Waals surface area contributed by atoms with Crippen LogP contribution in [0.5, 0.6) is 0 Å². The van der Waals surface area contributed by atoms with E-state index in [-0.39, 0.29) is 5.41 Å². The van der Waals surface area contributed by atoms with Crippen LogP contribution in [0.25, 0.3) is 0 Å². The zero-order valence-corrected chi connectivity index (χ0v) is 10.1. The molecule has 1 aliphatic carbocycles. The molecule has 0 unspecified atom stereocenters. The van der Waals surface area contributed by atoms with Crippen molar-refractivity contribution >= 4 is 0 Å². The summed E-state index contributed by atoms with van der Waals surface area (Å²) in [7, 11) is 1.73. The van der Waals surface area contributed by atoms with Crippen LogP contribution in [-0.4, -0.2) is 13.7 Å². The molecule has 0 aliphatic heterocycles. The standard InChI is InChI=1S/C13H23NO/c1-3-12-5-8-13(11-14,9-6-12)7-4-10-15-2/h12H,3-10H2,1-2H3. The van der Waals surface area contributed by atoms with E-state index in [1.54, 1.807) is 7.11 Å². The minimum atomic E-state index is -0.0236. The fourth-order valence-electron chi connectivity index (χ4n) is 2.61. The maximum atomic E-state index is 9.31. The summed E-state index contributed by atoms with van der Waals surface area (Å²) in [5.41, 5.74) is -0.0236. The first-order chi connectivity index (χ1) is 7.26. The summed E-state index contributed by atoms with van der Waals surface area (Å²) in [4.78, 5) is 0. The highest BCUT2D eigenvalue weighted by Crippen LogP contribution is 2.42. The fourth-order valence-corrected chi connectivity index (χ4v) is 2.61. The molecule has 15 heavy (non-hydrogen) atoms. The molecule has 86 valence electrons. The van der Waals surface area contributed by atoms with Gasteiger partial charge in [0.25, 0.3) is 0 Å². The molecule has 0 spiro atoms. The second-order valence-electron chi connectivity index (χ2n) is 4.84. The van der Waals surface area contributed by atoms with Crippen molar-refractivity contribution in [1.29, 1.82) is 5.26 Å². The zero-order valence-electron chi connectivity index (χ0n) is 10.1. The summed E-state index contributed by atoms with van der Waals surface area (Å²) in [6, 6.07) is 2.57. The molecule has 0 atom stereocenters. The molecule has 0 radical (unpaired) electrons. The lowest BCUT2D eigenvalue weighted by Crippen LogP contribution is -2.26. The van der Waals surface area contributed by atoms with Gasteiger partial charge in [0.15, 0.2) is 0 Å². The van der Waals surface area contributed by atoms with Crippen LogP contribution in [0.2, 0.25) is 0 Å². The normalized spacial score (nSPS) is 31.1. The Morgan fingerprint density at radius 2 is 2.07 bits per heavy atom. The van der Waals surface area contributed by atoms with Crippen LogP contribution < -0.4 is 0 Å². The Labute approximate surface area is 93.6 Å². The van der Waals surface area contributed by atoms with Crippen molar-refractivity contribution in [2.24, 2.45) is 11.3 Å². The highest BCUT2D eigenvalue weighted by molar-refractivity contribution is 5.01. The molecule has 2 heteroatoms. The third-order valence-corrected chi connectivity index (χ3v) is 3.88. The first-order valence-electron chi connectivity index (χ1n) is 6.16. The van der Waals surface area contributed by atoms with Crippen LogP contribution in [0.3, 0.4) is 0 Å². The number of nitriles is 1. The number of hydrogen-bond acceptors (Lipinski definition) is 2. The minimum Gasteiger partial charge on any atom is -0.385 e. The Kier molecular flexibility index (Phi) is 5.11. The lowest BCUT2D eigenvalue weighted by Gasteiger charge is -2.34. The van der Waals surface area contributed by atoms with E-state index in [2.05, 4.69) is 13.0 Å². The largest absolute Gasteiger partial charge is 0.385 e. The van der Waals surface area contributed by atoms with E-state index in [4.69, 9.17) is 4.74 Å². The van der Waals surface area contributed by atoms with E-state index in [0.29, 0.717) is 0 Å². The minimum absolute atomic E-state index is 0.0236. The Bertz CT molecular complexity index is 206. The summed E-state index contributed by atoms with van der Waals surface area (Å²) < 4.78 is 5.06. The third kappa shape index (κ3) is 3.50. The number of hydrogen-bond donors (Lipinski definition) is 0. The summed E-state index contributed by atoms with van der Waals surface area (Å²) >= 11 is 0. The van der Waals surface area contributed by atoms with Crippen LogP contribution in [0.1, 0.15) is 51.9 Å². The van der Waals surface area contributed by atoms with Gasteiger partial charge in [-0.15, -0.1) is 0 Å². The molecule has 1 rings (SSSR count). The summed E-state index contributed by atoms with van der Waals surface area (Å²) in [5, 5.41) is 9.31. The molecule has 0 aromatic carbocycles. The van der Waals surface area contributed by atoms with Crippen molar-refractivity contribution in [1.82, 2.24) is 0 Å². The summed E-state index contributed by atoms with van der Waals surface area (Å²) in [6.45, 7) is 3.05. The van der Waals surface area contributed by atoms with E-state index in [1.165, 1.54) is 19.3 Å². The van der Waals surface area contributed by atoms with Crippen LogP contribution in [0, 0.1) is 22.7 Å². The molecule has 1 saturated carbocycles. The number of rotatable bonds is 5. The molecular formula is C13H23NO. The predicted molar refractivity (Wildman–Crippen MR) is 61.4 cm³/mol. The van der Waals surface area contributed by atoms with E-state index in [9.17, 15) is 5.26 Å². The lowest BCUT2D eigenvalue weighted by molar-refractivity contribution is 0.150. The maximum absolute atomic E-state index is 9.31. The Morgan fingerprint density at radius 3 is 2.53 bits per heavy atom. The average Bonchev–Trinajstić information content (AvgIpc) is 2.30. The lowest BCUT2D eigenvalue weighted by atomic mass is 9.68. The monoisotopic (exact) mass is 209 g/mol. The van der Waals surface area contributed by atoms with Gasteiger partial charge in [0.2, 0.25) is 0 Å². The second kappa shape index (κ2) is 6.12. The average molecular weight is 209 g/mol. The van der Waals surface area contributed by atoms with Crippen LogP contribution in [0.4, 0.5) is 0 Å². The smallest absolute Gasteiger partial charge is 0.0689 e. The van der Waals surface area contributed by atoms with Gasteiger partial charge < -0.3 is 4.74 Å². The van der Waals surface area contributed by atoms with E-state index in [0.717, 1.165) is 38.2 Å². The van der Waals surface area contributed by atoms with Crippen molar-refractivity contribution < 1.29 is 4.74 Å². The van der Waals surface area contributed by atoms with Gasteiger partial charge in [0.05, 0.1) is 11.5 Å². The molecule has 0 saturated heterocycles. The predicted octanol–water partition coefficient (Wildman–Crippen LogP) is 3.52. The molecule has 1 fully saturated rings. The van der Waals surface area contributed by atoms with Crippen molar-refractivity contribution in [2.45, 2.75) is 51.9 Å². The van der Waals surface area contributed by atoms with Crippen LogP contribution >= 0.6 is 0 Å². The molecular weight excluding hydrogens is 186 g/mol. The SMILES string of the molecule is CCC1CCC(C#N)(CCCOC)CC1. The Hall–Kier alpha value is -0.550. The first kappa shape index (κ1) is 12.5. The van der Waals surface area contributed by atoms with Gasteiger partial charge in [0, 0.05) is 13.7 Å². The molecule has 2 nitrogen and oxygen atoms in total. The first-order valence-corrected chi connectivity index (χ1v) is 6.16. The molecule has 1 aliphatic rings. The molecule has 0 amide bonds. The van der Waals surface area contributed by atoms with Gasteiger partial charge in [-0.1, -0.05) is 13.3 Å². The maximum Gasteiger partial charge on any atom is 0.0689 e. The van der Waals surface area contributed by atoms with Crippen molar-refractivity contribution in [3.8, 4) is 6.07 Å². The van der Waals surface area contributed by atoms with Crippen molar-refractivity contribution in [2.75, 3.05) is 13.7 Å². The molecule has 0 aromatic rings. The van der Waals surface area contributed by atoms with E-state index in [1.807, 2.05) is 0 Å². The molecule has 0 N–H and O–H groups in total. The summed E-state index contributed by atoms with van der Waals surface area (Å²) in [6.07, 6.45) is 8.03. The number of ether oxygens (including phenoxy) is 1. The number of nitrogens with zero attached hydrogens (tertiary/aromatic N) is 1. The Morgan fingerprint density at radius 1 is 1.40 bits per heavy atom. The summed E-state index contributed by atoms with van der Waals surface area (Å²) in [5.74, 6) is 0.869. The van der Waals surface area contributed by atoms with E-state index < -0.39 is 0 Å². The van der Waals surface area contributed by atoms with Crippen molar-refractivity contribution in [3.63, 3.8) is 0 Å².